The Morgan fingerprint density at radius 3 is 2.44 bits per heavy atom. The van der Waals surface area contributed by atoms with Gasteiger partial charge in [-0.25, -0.2) is 0 Å². The summed E-state index contributed by atoms with van der Waals surface area (Å²) in [5, 5.41) is 3.05. The number of nitrogens with one attached hydrogen (secondary N) is 1. The van der Waals surface area contributed by atoms with Gasteiger partial charge in [-0.15, -0.1) is 0 Å². The van der Waals surface area contributed by atoms with Gasteiger partial charge in [0.05, 0.1) is 5.92 Å². The zero-order chi connectivity index (χ0) is 12.2. The fraction of sp³-hybridized carbons (Fsp3) is 1.00. The molecule has 3 atom stereocenters. The number of hydrogen-bond acceptors (Lipinski definition) is 1. The van der Waals surface area contributed by atoms with Crippen LogP contribution in [0.1, 0.15) is 46.0 Å². The highest BCUT2D eigenvalue weighted by molar-refractivity contribution is 4.82. The molecule has 0 spiro atoms. The predicted octanol–water partition coefficient (Wildman–Crippen LogP) is 3.74. The average Bonchev–Trinajstić information content (AvgIpc) is 2.17. The van der Waals surface area contributed by atoms with Crippen molar-refractivity contribution in [2.75, 3.05) is 6.54 Å². The molecule has 1 aliphatic rings. The first kappa shape index (κ1) is 13.8. The molecule has 1 N–H and O–H groups in total. The molecule has 0 bridgehead atoms. The number of piperidine rings is 1. The van der Waals surface area contributed by atoms with Crippen molar-refractivity contribution in [1.29, 1.82) is 0 Å². The smallest absolute Gasteiger partial charge is 0.313 e. The topological polar surface area (TPSA) is 12.0 Å². The van der Waals surface area contributed by atoms with Crippen LogP contribution in [0, 0.1) is 11.8 Å². The van der Waals surface area contributed by atoms with Crippen molar-refractivity contribution in [1.82, 2.24) is 5.32 Å². The summed E-state index contributed by atoms with van der Waals surface area (Å²) < 4.78 is 37.2. The van der Waals surface area contributed by atoms with Gasteiger partial charge in [0.15, 0.2) is 0 Å². The molecule has 0 aromatic carbocycles. The molecule has 1 fully saturated rings. The van der Waals surface area contributed by atoms with E-state index >= 15 is 0 Å². The molecule has 96 valence electrons. The van der Waals surface area contributed by atoms with E-state index in [0.29, 0.717) is 24.8 Å². The van der Waals surface area contributed by atoms with Gasteiger partial charge in [-0.2, -0.15) is 13.2 Å². The molecule has 1 aliphatic heterocycles. The van der Waals surface area contributed by atoms with Gasteiger partial charge in [-0.1, -0.05) is 26.7 Å². The van der Waals surface area contributed by atoms with E-state index in [1.54, 1.807) is 0 Å². The summed E-state index contributed by atoms with van der Waals surface area (Å²) >= 11 is 0. The van der Waals surface area contributed by atoms with Gasteiger partial charge in [0.1, 0.15) is 0 Å². The summed E-state index contributed by atoms with van der Waals surface area (Å²) in [5.41, 5.74) is 0. The monoisotopic (exact) mass is 237 g/mol. The Balaban J connectivity index is 2.27. The maximum absolute atomic E-state index is 12.4. The minimum absolute atomic E-state index is 0.104. The normalized spacial score (nSPS) is 29.1. The number of hydrogen-bond donors (Lipinski definition) is 1. The maximum Gasteiger partial charge on any atom is 0.393 e. The highest BCUT2D eigenvalue weighted by Gasteiger charge is 2.41. The summed E-state index contributed by atoms with van der Waals surface area (Å²) in [6.45, 7) is 4.43. The lowest BCUT2D eigenvalue weighted by molar-refractivity contribution is -0.179. The van der Waals surface area contributed by atoms with E-state index in [4.69, 9.17) is 0 Å². The molecule has 0 amide bonds. The van der Waals surface area contributed by atoms with Gasteiger partial charge in [0, 0.05) is 12.6 Å². The molecule has 16 heavy (non-hydrogen) atoms. The summed E-state index contributed by atoms with van der Waals surface area (Å²) in [4.78, 5) is 0. The van der Waals surface area contributed by atoms with Crippen LogP contribution in [0.2, 0.25) is 0 Å². The highest BCUT2D eigenvalue weighted by atomic mass is 19.4. The standard InChI is InChI=1S/C12H22F3N/c1-3-4-9(2)7-11-6-5-10(8-16-11)12(13,14)15/h9-11,16H,3-8H2,1-2H3. The largest absolute Gasteiger partial charge is 0.393 e. The minimum Gasteiger partial charge on any atom is -0.313 e. The lowest BCUT2D eigenvalue weighted by Crippen LogP contribution is -2.44. The van der Waals surface area contributed by atoms with Gasteiger partial charge in [0.25, 0.3) is 0 Å². The lowest BCUT2D eigenvalue weighted by atomic mass is 9.88. The first-order chi connectivity index (χ1) is 7.43. The van der Waals surface area contributed by atoms with Crippen molar-refractivity contribution < 1.29 is 13.2 Å². The van der Waals surface area contributed by atoms with Gasteiger partial charge in [0.2, 0.25) is 0 Å². The second-order valence-corrected chi connectivity index (χ2v) is 5.05. The Hall–Kier alpha value is -0.250. The summed E-state index contributed by atoms with van der Waals surface area (Å²) in [6.07, 6.45) is 0.267. The van der Waals surface area contributed by atoms with Crippen molar-refractivity contribution in [2.45, 2.75) is 58.2 Å². The second kappa shape index (κ2) is 5.89. The maximum atomic E-state index is 12.4. The third kappa shape index (κ3) is 4.32. The predicted molar refractivity (Wildman–Crippen MR) is 59.3 cm³/mol. The van der Waals surface area contributed by atoms with E-state index in [9.17, 15) is 13.2 Å². The summed E-state index contributed by atoms with van der Waals surface area (Å²) in [5.74, 6) is -0.518. The fourth-order valence-electron chi connectivity index (χ4n) is 2.49. The van der Waals surface area contributed by atoms with Crippen LogP contribution in [0.25, 0.3) is 0 Å². The van der Waals surface area contributed by atoms with Crippen LogP contribution >= 0.6 is 0 Å². The van der Waals surface area contributed by atoms with Gasteiger partial charge >= 0.3 is 6.18 Å². The van der Waals surface area contributed by atoms with E-state index in [2.05, 4.69) is 19.2 Å². The molecule has 1 saturated heterocycles. The van der Waals surface area contributed by atoms with Gasteiger partial charge < -0.3 is 5.32 Å². The van der Waals surface area contributed by atoms with Crippen LogP contribution in [0.3, 0.4) is 0 Å². The Labute approximate surface area is 95.8 Å². The zero-order valence-electron chi connectivity index (χ0n) is 10.1. The van der Waals surface area contributed by atoms with E-state index in [1.165, 1.54) is 6.42 Å². The Morgan fingerprint density at radius 1 is 1.31 bits per heavy atom. The number of alkyl halides is 3. The Morgan fingerprint density at radius 2 is 2.00 bits per heavy atom. The molecular formula is C12H22F3N. The van der Waals surface area contributed by atoms with Crippen LogP contribution in [-0.4, -0.2) is 18.8 Å². The molecule has 1 rings (SSSR count). The third-order valence-electron chi connectivity index (χ3n) is 3.45. The second-order valence-electron chi connectivity index (χ2n) is 5.05. The third-order valence-corrected chi connectivity index (χ3v) is 3.45. The Kier molecular flexibility index (Phi) is 5.09. The SMILES string of the molecule is CCCC(C)CC1CCC(C(F)(F)F)CN1. The van der Waals surface area contributed by atoms with E-state index < -0.39 is 12.1 Å². The van der Waals surface area contributed by atoms with Crippen LogP contribution in [0.4, 0.5) is 13.2 Å². The van der Waals surface area contributed by atoms with Crippen molar-refractivity contribution in [2.24, 2.45) is 11.8 Å². The van der Waals surface area contributed by atoms with Crippen molar-refractivity contribution in [3.63, 3.8) is 0 Å². The number of halogens is 3. The van der Waals surface area contributed by atoms with Crippen molar-refractivity contribution in [3.8, 4) is 0 Å². The minimum atomic E-state index is -4.02. The molecule has 0 aromatic rings. The molecule has 0 saturated carbocycles. The van der Waals surface area contributed by atoms with Crippen molar-refractivity contribution >= 4 is 0 Å². The molecular weight excluding hydrogens is 215 g/mol. The van der Waals surface area contributed by atoms with Crippen molar-refractivity contribution in [3.05, 3.63) is 0 Å². The Bertz CT molecular complexity index is 195. The van der Waals surface area contributed by atoms with Gasteiger partial charge in [-0.3, -0.25) is 0 Å². The molecule has 4 heteroatoms. The highest BCUT2D eigenvalue weighted by Crippen LogP contribution is 2.33. The summed E-state index contributed by atoms with van der Waals surface area (Å²) in [7, 11) is 0. The van der Waals surface area contributed by atoms with Crippen LogP contribution in [-0.2, 0) is 0 Å². The molecule has 3 unspecified atom stereocenters. The molecule has 0 radical (unpaired) electrons. The first-order valence-corrected chi connectivity index (χ1v) is 6.23. The average molecular weight is 237 g/mol. The van der Waals surface area contributed by atoms with Gasteiger partial charge in [-0.05, 0) is 25.2 Å². The van der Waals surface area contributed by atoms with Crippen LogP contribution in [0.5, 0.6) is 0 Å². The molecule has 0 aliphatic carbocycles. The lowest BCUT2D eigenvalue weighted by Gasteiger charge is -2.32. The zero-order valence-corrected chi connectivity index (χ0v) is 10.1. The molecule has 0 aromatic heterocycles. The van der Waals surface area contributed by atoms with E-state index in [1.807, 2.05) is 0 Å². The van der Waals surface area contributed by atoms with Crippen LogP contribution in [0.15, 0.2) is 0 Å². The van der Waals surface area contributed by atoms with E-state index in [-0.39, 0.29) is 6.54 Å². The molecule has 1 heterocycles. The first-order valence-electron chi connectivity index (χ1n) is 6.23. The quantitative estimate of drug-likeness (QED) is 0.785. The number of rotatable bonds is 4. The fourth-order valence-corrected chi connectivity index (χ4v) is 2.49. The van der Waals surface area contributed by atoms with E-state index in [0.717, 1.165) is 12.8 Å². The van der Waals surface area contributed by atoms with Crippen LogP contribution < -0.4 is 5.32 Å². The molecule has 1 nitrogen and oxygen atoms in total. The summed E-state index contributed by atoms with van der Waals surface area (Å²) in [6, 6.07) is 0.292.